The topological polar surface area (TPSA) is 81.4 Å². The lowest BCUT2D eigenvalue weighted by atomic mass is 10.0. The second kappa shape index (κ2) is 6.96. The smallest absolute Gasteiger partial charge is 0.256 e. The number of fused-ring (bicyclic) bond motifs is 1. The highest BCUT2D eigenvalue weighted by Crippen LogP contribution is 2.41. The molecular formula is C19H16BrN5O2. The Morgan fingerprint density at radius 2 is 2.19 bits per heavy atom. The van der Waals surface area contributed by atoms with Crippen LogP contribution in [0.4, 0.5) is 5.69 Å². The summed E-state index contributed by atoms with van der Waals surface area (Å²) >= 11 is 3.28. The fourth-order valence-corrected chi connectivity index (χ4v) is 3.43. The SMILES string of the molecule is COc1ccc(-c2cnn(C)c2)c2c1CC(NC(=O)c1ccnc(Br)c1)=N2. The predicted molar refractivity (Wildman–Crippen MR) is 105 cm³/mol. The van der Waals surface area contributed by atoms with Crippen LogP contribution in [0.5, 0.6) is 5.75 Å². The molecule has 8 heteroatoms. The van der Waals surface area contributed by atoms with E-state index in [0.29, 0.717) is 22.4 Å². The first-order chi connectivity index (χ1) is 13.0. The monoisotopic (exact) mass is 425 g/mol. The van der Waals surface area contributed by atoms with Crippen molar-refractivity contribution in [3.63, 3.8) is 0 Å². The van der Waals surface area contributed by atoms with Gasteiger partial charge in [0.1, 0.15) is 16.2 Å². The van der Waals surface area contributed by atoms with Crippen LogP contribution in [0.15, 0.2) is 52.5 Å². The molecule has 4 rings (SSSR count). The van der Waals surface area contributed by atoms with Crippen molar-refractivity contribution in [2.45, 2.75) is 6.42 Å². The molecule has 1 N–H and O–H groups in total. The van der Waals surface area contributed by atoms with Crippen molar-refractivity contribution in [1.29, 1.82) is 0 Å². The highest BCUT2D eigenvalue weighted by atomic mass is 79.9. The van der Waals surface area contributed by atoms with Crippen LogP contribution >= 0.6 is 15.9 Å². The largest absolute Gasteiger partial charge is 0.496 e. The van der Waals surface area contributed by atoms with E-state index in [2.05, 4.69) is 36.3 Å². The Morgan fingerprint density at radius 3 is 2.89 bits per heavy atom. The summed E-state index contributed by atoms with van der Waals surface area (Å²) in [6.07, 6.45) is 5.80. The maximum atomic E-state index is 12.5. The average Bonchev–Trinajstić information content (AvgIpc) is 3.27. The van der Waals surface area contributed by atoms with Gasteiger partial charge in [0.2, 0.25) is 0 Å². The molecule has 2 aromatic heterocycles. The molecule has 0 bridgehead atoms. The standard InChI is InChI=1S/C19H16BrN5O2/c1-25-10-12(9-22-25)13-3-4-15(27-2)14-8-17(23-18(13)14)24-19(26)11-5-6-21-16(20)7-11/h3-7,9-10H,8H2,1-2H3,(H,23,24,26). The minimum atomic E-state index is -0.230. The molecule has 136 valence electrons. The fraction of sp³-hybridized carbons (Fsp3) is 0.158. The lowest BCUT2D eigenvalue weighted by Gasteiger charge is -2.09. The van der Waals surface area contributed by atoms with E-state index >= 15 is 0 Å². The van der Waals surface area contributed by atoms with Gasteiger partial charge in [-0.25, -0.2) is 9.98 Å². The van der Waals surface area contributed by atoms with Gasteiger partial charge in [0.25, 0.3) is 5.91 Å². The number of amidine groups is 1. The Labute approximate surface area is 164 Å². The molecular weight excluding hydrogens is 410 g/mol. The van der Waals surface area contributed by atoms with Gasteiger partial charge in [-0.05, 0) is 40.2 Å². The molecule has 3 heterocycles. The van der Waals surface area contributed by atoms with Crippen LogP contribution in [0, 0.1) is 0 Å². The van der Waals surface area contributed by atoms with Gasteiger partial charge < -0.3 is 10.1 Å². The Balaban J connectivity index is 1.67. The van der Waals surface area contributed by atoms with Gasteiger partial charge in [-0.15, -0.1) is 0 Å². The van der Waals surface area contributed by atoms with E-state index in [-0.39, 0.29) is 5.91 Å². The van der Waals surface area contributed by atoms with Crippen LogP contribution in [0.1, 0.15) is 15.9 Å². The molecule has 3 aromatic rings. The van der Waals surface area contributed by atoms with Gasteiger partial charge in [0, 0.05) is 48.1 Å². The van der Waals surface area contributed by atoms with Gasteiger partial charge >= 0.3 is 0 Å². The quantitative estimate of drug-likeness (QED) is 0.652. The molecule has 1 aliphatic rings. The molecule has 0 fully saturated rings. The van der Waals surface area contributed by atoms with Crippen LogP contribution < -0.4 is 10.1 Å². The van der Waals surface area contributed by atoms with Crippen LogP contribution in [-0.4, -0.2) is 33.6 Å². The molecule has 0 spiro atoms. The fourth-order valence-electron chi connectivity index (χ4n) is 3.06. The maximum Gasteiger partial charge on any atom is 0.256 e. The first-order valence-corrected chi connectivity index (χ1v) is 9.04. The number of carbonyl (C=O) groups excluding carboxylic acids is 1. The van der Waals surface area contributed by atoms with E-state index in [1.54, 1.807) is 36.3 Å². The maximum absolute atomic E-state index is 12.5. The van der Waals surface area contributed by atoms with E-state index in [4.69, 9.17) is 4.74 Å². The van der Waals surface area contributed by atoms with Crippen LogP contribution in [0.2, 0.25) is 0 Å². The number of aromatic nitrogens is 3. The number of halogens is 1. The number of amides is 1. The third kappa shape index (κ3) is 3.35. The highest BCUT2D eigenvalue weighted by molar-refractivity contribution is 9.10. The molecule has 0 atom stereocenters. The van der Waals surface area contributed by atoms with Crippen molar-refractivity contribution >= 4 is 33.4 Å². The number of nitrogens with one attached hydrogen (secondary N) is 1. The third-order valence-corrected chi connectivity index (χ3v) is 4.75. The molecule has 0 saturated carbocycles. The summed E-state index contributed by atoms with van der Waals surface area (Å²) in [5, 5.41) is 7.12. The first-order valence-electron chi connectivity index (χ1n) is 8.24. The number of nitrogens with zero attached hydrogens (tertiary/aromatic N) is 4. The van der Waals surface area contributed by atoms with Crippen LogP contribution in [0.25, 0.3) is 11.1 Å². The van der Waals surface area contributed by atoms with Gasteiger partial charge in [-0.3, -0.25) is 9.48 Å². The average molecular weight is 426 g/mol. The summed E-state index contributed by atoms with van der Waals surface area (Å²) in [5.74, 6) is 1.10. The number of aliphatic imine (C=N–C) groups is 1. The number of rotatable bonds is 3. The molecule has 0 unspecified atom stereocenters. The van der Waals surface area contributed by atoms with Crippen molar-refractivity contribution in [3.8, 4) is 16.9 Å². The minimum absolute atomic E-state index is 0.230. The summed E-state index contributed by atoms with van der Waals surface area (Å²) in [7, 11) is 3.50. The van der Waals surface area contributed by atoms with E-state index in [9.17, 15) is 4.79 Å². The molecule has 1 aromatic carbocycles. The second-order valence-corrected chi connectivity index (χ2v) is 6.91. The highest BCUT2D eigenvalue weighted by Gasteiger charge is 2.24. The number of carbonyl (C=O) groups is 1. The number of pyridine rings is 1. The summed E-state index contributed by atoms with van der Waals surface area (Å²) in [4.78, 5) is 21.2. The van der Waals surface area contributed by atoms with Crippen molar-refractivity contribution in [3.05, 3.63) is 58.6 Å². The Morgan fingerprint density at radius 1 is 1.33 bits per heavy atom. The molecule has 0 aliphatic carbocycles. The molecule has 0 radical (unpaired) electrons. The summed E-state index contributed by atoms with van der Waals surface area (Å²) < 4.78 is 7.83. The lowest BCUT2D eigenvalue weighted by molar-refractivity contribution is 0.0976. The Hall–Kier alpha value is -3.00. The Bertz CT molecular complexity index is 1070. The third-order valence-electron chi connectivity index (χ3n) is 4.31. The second-order valence-electron chi connectivity index (χ2n) is 6.10. The van der Waals surface area contributed by atoms with Crippen molar-refractivity contribution in [1.82, 2.24) is 20.1 Å². The van der Waals surface area contributed by atoms with Gasteiger partial charge in [0.05, 0.1) is 19.0 Å². The summed E-state index contributed by atoms with van der Waals surface area (Å²) in [6, 6.07) is 7.20. The number of aryl methyl sites for hydroxylation is 1. The summed E-state index contributed by atoms with van der Waals surface area (Å²) in [5.41, 5.74) is 4.18. The van der Waals surface area contributed by atoms with Gasteiger partial charge in [-0.2, -0.15) is 5.10 Å². The number of hydrogen-bond donors (Lipinski definition) is 1. The van der Waals surface area contributed by atoms with Crippen molar-refractivity contribution in [2.75, 3.05) is 7.11 Å². The van der Waals surface area contributed by atoms with E-state index in [0.717, 1.165) is 28.1 Å². The predicted octanol–water partition coefficient (Wildman–Crippen LogP) is 3.27. The summed E-state index contributed by atoms with van der Waals surface area (Å²) in [6.45, 7) is 0. The normalized spacial score (nSPS) is 12.5. The van der Waals surface area contributed by atoms with E-state index in [1.165, 1.54) is 0 Å². The van der Waals surface area contributed by atoms with E-state index in [1.807, 2.05) is 25.4 Å². The van der Waals surface area contributed by atoms with Gasteiger partial charge in [-0.1, -0.05) is 0 Å². The molecule has 7 nitrogen and oxygen atoms in total. The number of hydrogen-bond acceptors (Lipinski definition) is 5. The number of benzene rings is 1. The lowest BCUT2D eigenvalue weighted by Crippen LogP contribution is -2.30. The zero-order chi connectivity index (χ0) is 19.0. The molecule has 1 aliphatic heterocycles. The Kier molecular flexibility index (Phi) is 4.49. The molecule has 27 heavy (non-hydrogen) atoms. The first kappa shape index (κ1) is 17.4. The number of methoxy groups -OCH3 is 1. The minimum Gasteiger partial charge on any atom is -0.496 e. The van der Waals surface area contributed by atoms with Crippen molar-refractivity contribution in [2.24, 2.45) is 12.0 Å². The zero-order valence-electron chi connectivity index (χ0n) is 14.7. The van der Waals surface area contributed by atoms with E-state index < -0.39 is 0 Å². The number of ether oxygens (including phenoxy) is 1. The zero-order valence-corrected chi connectivity index (χ0v) is 16.3. The molecule has 0 saturated heterocycles. The molecule has 1 amide bonds. The van der Waals surface area contributed by atoms with Crippen molar-refractivity contribution < 1.29 is 9.53 Å². The van der Waals surface area contributed by atoms with Crippen LogP contribution in [0.3, 0.4) is 0 Å². The van der Waals surface area contributed by atoms with Gasteiger partial charge in [0.15, 0.2) is 0 Å². The van der Waals surface area contributed by atoms with Crippen LogP contribution in [-0.2, 0) is 13.5 Å².